The summed E-state index contributed by atoms with van der Waals surface area (Å²) in [5, 5.41) is 13.9. The Morgan fingerprint density at radius 1 is 1.23 bits per heavy atom. The molecular formula is C22H26N4O4. The zero-order valence-corrected chi connectivity index (χ0v) is 17.4. The summed E-state index contributed by atoms with van der Waals surface area (Å²) in [5.41, 5.74) is 2.79. The molecule has 1 unspecified atom stereocenters. The van der Waals surface area contributed by atoms with E-state index in [4.69, 9.17) is 0 Å². The molecule has 1 heterocycles. The SMILES string of the molecule is Cc1cc(C(=O)N2CCCC2C(=O)NCc2cccc(N(C)C)c2)ccc1[N+](=O)[O-]. The van der Waals surface area contributed by atoms with Crippen LogP contribution in [0, 0.1) is 17.0 Å². The molecule has 0 bridgehead atoms. The molecule has 1 atom stereocenters. The lowest BCUT2D eigenvalue weighted by Gasteiger charge is -2.24. The lowest BCUT2D eigenvalue weighted by atomic mass is 10.1. The Morgan fingerprint density at radius 2 is 2.00 bits per heavy atom. The highest BCUT2D eigenvalue weighted by Gasteiger charge is 2.34. The molecule has 0 spiro atoms. The van der Waals surface area contributed by atoms with E-state index < -0.39 is 11.0 Å². The summed E-state index contributed by atoms with van der Waals surface area (Å²) in [4.78, 5) is 39.8. The van der Waals surface area contributed by atoms with E-state index in [1.165, 1.54) is 18.2 Å². The molecule has 1 fully saturated rings. The number of carbonyl (C=O) groups excluding carboxylic acids is 2. The van der Waals surface area contributed by atoms with Crippen LogP contribution in [0.1, 0.15) is 34.3 Å². The van der Waals surface area contributed by atoms with Crippen molar-refractivity contribution in [2.75, 3.05) is 25.5 Å². The Hall–Kier alpha value is -3.42. The van der Waals surface area contributed by atoms with Crippen LogP contribution in [0.3, 0.4) is 0 Å². The fourth-order valence-corrected chi connectivity index (χ4v) is 3.69. The van der Waals surface area contributed by atoms with Gasteiger partial charge in [-0.15, -0.1) is 0 Å². The van der Waals surface area contributed by atoms with Gasteiger partial charge in [0.25, 0.3) is 11.6 Å². The maximum Gasteiger partial charge on any atom is 0.272 e. The van der Waals surface area contributed by atoms with Crippen LogP contribution in [-0.2, 0) is 11.3 Å². The number of aryl methyl sites for hydroxylation is 1. The third-order valence-electron chi connectivity index (χ3n) is 5.35. The number of rotatable bonds is 6. The van der Waals surface area contributed by atoms with Gasteiger partial charge in [-0.2, -0.15) is 0 Å². The van der Waals surface area contributed by atoms with Crippen LogP contribution in [0.25, 0.3) is 0 Å². The van der Waals surface area contributed by atoms with Crippen molar-refractivity contribution in [3.63, 3.8) is 0 Å². The van der Waals surface area contributed by atoms with Gasteiger partial charge >= 0.3 is 0 Å². The zero-order chi connectivity index (χ0) is 21.8. The number of likely N-dealkylation sites (tertiary alicyclic amines) is 1. The number of anilines is 1. The van der Waals surface area contributed by atoms with Crippen molar-refractivity contribution in [1.29, 1.82) is 0 Å². The fourth-order valence-electron chi connectivity index (χ4n) is 3.69. The van der Waals surface area contributed by atoms with Crippen LogP contribution in [0.4, 0.5) is 11.4 Å². The number of benzene rings is 2. The molecule has 2 amide bonds. The first kappa shape index (κ1) is 21.3. The van der Waals surface area contributed by atoms with E-state index in [0.717, 1.165) is 17.7 Å². The standard InChI is InChI=1S/C22H26N4O4/c1-15-12-17(9-10-19(15)26(29)30)22(28)25-11-5-8-20(25)21(27)23-14-16-6-4-7-18(13-16)24(2)3/h4,6-7,9-10,12-13,20H,5,8,11,14H2,1-3H3,(H,23,27). The zero-order valence-electron chi connectivity index (χ0n) is 17.4. The Kier molecular flexibility index (Phi) is 6.34. The molecule has 1 aliphatic rings. The average molecular weight is 410 g/mol. The first-order valence-corrected chi connectivity index (χ1v) is 9.88. The molecule has 30 heavy (non-hydrogen) atoms. The number of nitrogens with one attached hydrogen (secondary N) is 1. The molecule has 2 aromatic rings. The molecule has 2 aromatic carbocycles. The molecule has 0 saturated carbocycles. The van der Waals surface area contributed by atoms with Gasteiger partial charge < -0.3 is 15.1 Å². The van der Waals surface area contributed by atoms with Gasteiger partial charge in [0.2, 0.25) is 5.91 Å². The van der Waals surface area contributed by atoms with Gasteiger partial charge in [-0.25, -0.2) is 0 Å². The second-order valence-electron chi connectivity index (χ2n) is 7.70. The van der Waals surface area contributed by atoms with E-state index in [0.29, 0.717) is 30.6 Å². The van der Waals surface area contributed by atoms with Gasteiger partial charge in [-0.3, -0.25) is 19.7 Å². The molecule has 1 N–H and O–H groups in total. The van der Waals surface area contributed by atoms with Crippen molar-refractivity contribution in [1.82, 2.24) is 10.2 Å². The number of hydrogen-bond donors (Lipinski definition) is 1. The number of amides is 2. The Labute approximate surface area is 175 Å². The second kappa shape index (κ2) is 8.94. The Balaban J connectivity index is 1.68. The Bertz CT molecular complexity index is 973. The Morgan fingerprint density at radius 3 is 2.67 bits per heavy atom. The lowest BCUT2D eigenvalue weighted by molar-refractivity contribution is -0.385. The summed E-state index contributed by atoms with van der Waals surface area (Å²) in [7, 11) is 3.92. The second-order valence-corrected chi connectivity index (χ2v) is 7.70. The van der Waals surface area contributed by atoms with Crippen LogP contribution in [0.2, 0.25) is 0 Å². The van der Waals surface area contributed by atoms with E-state index in [1.807, 2.05) is 43.3 Å². The number of nitrogens with zero attached hydrogens (tertiary/aromatic N) is 3. The van der Waals surface area contributed by atoms with E-state index in [1.54, 1.807) is 11.8 Å². The molecular weight excluding hydrogens is 384 g/mol. The highest BCUT2D eigenvalue weighted by atomic mass is 16.6. The topological polar surface area (TPSA) is 95.8 Å². The van der Waals surface area contributed by atoms with Gasteiger partial charge in [0, 0.05) is 50.1 Å². The maximum absolute atomic E-state index is 13.0. The van der Waals surface area contributed by atoms with Crippen LogP contribution < -0.4 is 10.2 Å². The molecule has 1 saturated heterocycles. The van der Waals surface area contributed by atoms with Crippen LogP contribution in [0.15, 0.2) is 42.5 Å². The van der Waals surface area contributed by atoms with E-state index >= 15 is 0 Å². The molecule has 3 rings (SSSR count). The van der Waals surface area contributed by atoms with Crippen molar-refractivity contribution in [2.24, 2.45) is 0 Å². The summed E-state index contributed by atoms with van der Waals surface area (Å²) in [6.45, 7) is 2.48. The predicted octanol–water partition coefficient (Wildman–Crippen LogP) is 2.89. The highest BCUT2D eigenvalue weighted by molar-refractivity contribution is 5.98. The minimum absolute atomic E-state index is 0.0257. The minimum atomic E-state index is -0.537. The molecule has 0 aromatic heterocycles. The van der Waals surface area contributed by atoms with E-state index in [9.17, 15) is 19.7 Å². The monoisotopic (exact) mass is 410 g/mol. The third-order valence-corrected chi connectivity index (χ3v) is 5.35. The normalized spacial score (nSPS) is 15.7. The molecule has 8 heteroatoms. The van der Waals surface area contributed by atoms with Gasteiger partial charge in [-0.05, 0) is 49.6 Å². The summed E-state index contributed by atoms with van der Waals surface area (Å²) in [6, 6.07) is 11.7. The summed E-state index contributed by atoms with van der Waals surface area (Å²) >= 11 is 0. The van der Waals surface area contributed by atoms with Crippen molar-refractivity contribution in [3.8, 4) is 0 Å². The first-order valence-electron chi connectivity index (χ1n) is 9.88. The smallest absolute Gasteiger partial charge is 0.272 e. The van der Waals surface area contributed by atoms with Gasteiger partial charge in [0.05, 0.1) is 4.92 Å². The largest absolute Gasteiger partial charge is 0.378 e. The van der Waals surface area contributed by atoms with Crippen LogP contribution in [0.5, 0.6) is 0 Å². The van der Waals surface area contributed by atoms with Crippen molar-refractivity contribution >= 4 is 23.2 Å². The predicted molar refractivity (Wildman–Crippen MR) is 115 cm³/mol. The van der Waals surface area contributed by atoms with Gasteiger partial charge in [0.15, 0.2) is 0 Å². The van der Waals surface area contributed by atoms with E-state index in [2.05, 4.69) is 5.32 Å². The van der Waals surface area contributed by atoms with Crippen LogP contribution in [-0.4, -0.2) is 48.3 Å². The summed E-state index contributed by atoms with van der Waals surface area (Å²) in [6.07, 6.45) is 1.34. The highest BCUT2D eigenvalue weighted by Crippen LogP contribution is 2.24. The quantitative estimate of drug-likeness (QED) is 0.584. The third kappa shape index (κ3) is 4.59. The molecule has 1 aliphatic heterocycles. The molecule has 0 aliphatic carbocycles. The van der Waals surface area contributed by atoms with Crippen molar-refractivity contribution in [2.45, 2.75) is 32.4 Å². The fraction of sp³-hybridized carbons (Fsp3) is 0.364. The number of hydrogen-bond acceptors (Lipinski definition) is 5. The number of nitro benzene ring substituents is 1. The molecule has 0 radical (unpaired) electrons. The van der Waals surface area contributed by atoms with Crippen molar-refractivity contribution in [3.05, 3.63) is 69.3 Å². The summed E-state index contributed by atoms with van der Waals surface area (Å²) < 4.78 is 0. The average Bonchev–Trinajstić information content (AvgIpc) is 3.21. The van der Waals surface area contributed by atoms with E-state index in [-0.39, 0.29) is 17.5 Å². The first-order chi connectivity index (χ1) is 14.3. The summed E-state index contributed by atoms with van der Waals surface area (Å²) in [5.74, 6) is -0.463. The molecule has 158 valence electrons. The number of nitro groups is 1. The van der Waals surface area contributed by atoms with Gasteiger partial charge in [0.1, 0.15) is 6.04 Å². The maximum atomic E-state index is 13.0. The van der Waals surface area contributed by atoms with Crippen molar-refractivity contribution < 1.29 is 14.5 Å². The van der Waals surface area contributed by atoms with Crippen LogP contribution >= 0.6 is 0 Å². The number of carbonyl (C=O) groups is 2. The lowest BCUT2D eigenvalue weighted by Crippen LogP contribution is -2.45. The minimum Gasteiger partial charge on any atom is -0.378 e. The van der Waals surface area contributed by atoms with Gasteiger partial charge in [-0.1, -0.05) is 12.1 Å². The molecule has 8 nitrogen and oxygen atoms in total.